The number of nitrogens with zero attached hydrogens (tertiary/aromatic N) is 1. The van der Waals surface area contributed by atoms with Gasteiger partial charge in [0.05, 0.1) is 12.7 Å². The number of methoxy groups -OCH3 is 1. The third kappa shape index (κ3) is 3.17. The number of hydrogen-bond acceptors (Lipinski definition) is 4. The average molecular weight is 326 g/mol. The predicted octanol–water partition coefficient (Wildman–Crippen LogP) is 2.78. The fourth-order valence-electron chi connectivity index (χ4n) is 2.67. The Morgan fingerprint density at radius 2 is 1.96 bits per heavy atom. The van der Waals surface area contributed by atoms with Crippen LogP contribution in [0.3, 0.4) is 0 Å². The first-order chi connectivity index (χ1) is 11.6. The van der Waals surface area contributed by atoms with Crippen LogP contribution < -0.4 is 15.0 Å². The van der Waals surface area contributed by atoms with E-state index in [4.69, 9.17) is 4.74 Å². The molecular weight excluding hydrogens is 308 g/mol. The summed E-state index contributed by atoms with van der Waals surface area (Å²) in [5, 5.41) is 12.6. The van der Waals surface area contributed by atoms with Crippen molar-refractivity contribution < 1.29 is 19.4 Å². The molecule has 0 bridgehead atoms. The predicted molar refractivity (Wildman–Crippen MR) is 90.6 cm³/mol. The third-order valence-electron chi connectivity index (χ3n) is 3.96. The van der Waals surface area contributed by atoms with Gasteiger partial charge in [-0.25, -0.2) is 0 Å². The number of nitrogens with one attached hydrogen (secondary N) is 1. The third-order valence-corrected chi connectivity index (χ3v) is 3.96. The molecule has 2 N–H and O–H groups in total. The number of phenolic OH excluding ortho intramolecular Hbond substituents is 1. The van der Waals surface area contributed by atoms with Crippen LogP contribution >= 0.6 is 0 Å². The van der Waals surface area contributed by atoms with Crippen molar-refractivity contribution in [3.63, 3.8) is 0 Å². The Hall–Kier alpha value is -3.02. The molecule has 1 aliphatic heterocycles. The number of carbonyl (C=O) groups is 2. The fourth-order valence-corrected chi connectivity index (χ4v) is 2.67. The molecule has 0 radical (unpaired) electrons. The summed E-state index contributed by atoms with van der Waals surface area (Å²) in [6.45, 7) is 0.726. The number of phenols is 1. The van der Waals surface area contributed by atoms with Crippen LogP contribution in [0.25, 0.3) is 0 Å². The van der Waals surface area contributed by atoms with Crippen LogP contribution in [0.1, 0.15) is 23.2 Å². The summed E-state index contributed by atoms with van der Waals surface area (Å²) >= 11 is 0. The number of aromatic hydroxyl groups is 1. The molecule has 3 rings (SSSR count). The van der Waals surface area contributed by atoms with Crippen molar-refractivity contribution >= 4 is 23.2 Å². The minimum Gasteiger partial charge on any atom is -0.507 e. The van der Waals surface area contributed by atoms with E-state index in [2.05, 4.69) is 5.32 Å². The van der Waals surface area contributed by atoms with Crippen molar-refractivity contribution in [1.82, 2.24) is 0 Å². The van der Waals surface area contributed by atoms with E-state index in [1.807, 2.05) is 0 Å². The first-order valence-corrected chi connectivity index (χ1v) is 7.67. The molecule has 0 atom stereocenters. The lowest BCUT2D eigenvalue weighted by Crippen LogP contribution is -2.23. The first kappa shape index (κ1) is 15.9. The lowest BCUT2D eigenvalue weighted by atomic mass is 10.1. The smallest absolute Gasteiger partial charge is 0.259 e. The van der Waals surface area contributed by atoms with Crippen LogP contribution in [0.2, 0.25) is 0 Å². The maximum absolute atomic E-state index is 12.3. The standard InChI is InChI=1S/C18H18N2O4/c1-24-14-8-9-15(16(21)11-14)18(23)19-12-4-6-13(7-5-12)20-10-2-3-17(20)22/h4-9,11,21H,2-3,10H2,1H3,(H,19,23). The van der Waals surface area contributed by atoms with Gasteiger partial charge in [0.2, 0.25) is 5.91 Å². The number of carbonyl (C=O) groups excluding carboxylic acids is 2. The maximum Gasteiger partial charge on any atom is 0.259 e. The van der Waals surface area contributed by atoms with Crippen molar-refractivity contribution in [3.8, 4) is 11.5 Å². The largest absolute Gasteiger partial charge is 0.507 e. The van der Waals surface area contributed by atoms with Crippen molar-refractivity contribution in [3.05, 3.63) is 48.0 Å². The Balaban J connectivity index is 1.71. The molecule has 0 aromatic heterocycles. The second-order valence-corrected chi connectivity index (χ2v) is 5.53. The van der Waals surface area contributed by atoms with Gasteiger partial charge in [-0.05, 0) is 42.8 Å². The van der Waals surface area contributed by atoms with Crippen LogP contribution in [0, 0.1) is 0 Å². The van der Waals surface area contributed by atoms with Gasteiger partial charge in [0.25, 0.3) is 5.91 Å². The Bertz CT molecular complexity index is 771. The first-order valence-electron chi connectivity index (χ1n) is 7.67. The van der Waals surface area contributed by atoms with Gasteiger partial charge in [-0.3, -0.25) is 9.59 Å². The fraction of sp³-hybridized carbons (Fsp3) is 0.222. The molecular formula is C18H18N2O4. The van der Waals surface area contributed by atoms with Crippen LogP contribution in [0.4, 0.5) is 11.4 Å². The minimum absolute atomic E-state index is 0.120. The molecule has 2 amide bonds. The molecule has 2 aromatic rings. The van der Waals surface area contributed by atoms with Gasteiger partial charge >= 0.3 is 0 Å². The van der Waals surface area contributed by atoms with Crippen molar-refractivity contribution in [2.75, 3.05) is 23.9 Å². The van der Waals surface area contributed by atoms with E-state index in [9.17, 15) is 14.7 Å². The number of benzene rings is 2. The van der Waals surface area contributed by atoms with E-state index >= 15 is 0 Å². The molecule has 24 heavy (non-hydrogen) atoms. The molecule has 6 nitrogen and oxygen atoms in total. The number of amides is 2. The van der Waals surface area contributed by atoms with Gasteiger partial charge < -0.3 is 20.1 Å². The summed E-state index contributed by atoms with van der Waals surface area (Å²) in [4.78, 5) is 25.7. The molecule has 2 aromatic carbocycles. The van der Waals surface area contributed by atoms with Crippen LogP contribution in [0.5, 0.6) is 11.5 Å². The Morgan fingerprint density at radius 3 is 2.54 bits per heavy atom. The van der Waals surface area contributed by atoms with Crippen LogP contribution in [-0.2, 0) is 4.79 Å². The van der Waals surface area contributed by atoms with Crippen molar-refractivity contribution in [1.29, 1.82) is 0 Å². The Morgan fingerprint density at radius 1 is 1.21 bits per heavy atom. The van der Waals surface area contributed by atoms with Gasteiger partial charge in [0.1, 0.15) is 11.5 Å². The summed E-state index contributed by atoms with van der Waals surface area (Å²) in [6.07, 6.45) is 1.45. The van der Waals surface area contributed by atoms with E-state index < -0.39 is 5.91 Å². The molecule has 1 saturated heterocycles. The molecule has 124 valence electrons. The van der Waals surface area contributed by atoms with Gasteiger partial charge in [-0.1, -0.05) is 0 Å². The van der Waals surface area contributed by atoms with Gasteiger partial charge in [-0.15, -0.1) is 0 Å². The lowest BCUT2D eigenvalue weighted by Gasteiger charge is -2.16. The normalized spacial score (nSPS) is 13.9. The van der Waals surface area contributed by atoms with E-state index in [1.54, 1.807) is 35.2 Å². The molecule has 0 saturated carbocycles. The highest BCUT2D eigenvalue weighted by atomic mass is 16.5. The van der Waals surface area contributed by atoms with Crippen LogP contribution in [0.15, 0.2) is 42.5 Å². The quantitative estimate of drug-likeness (QED) is 0.905. The molecule has 0 unspecified atom stereocenters. The van der Waals surface area contributed by atoms with E-state index in [-0.39, 0.29) is 17.2 Å². The molecule has 1 heterocycles. The second kappa shape index (κ2) is 6.62. The number of hydrogen-bond donors (Lipinski definition) is 2. The lowest BCUT2D eigenvalue weighted by molar-refractivity contribution is -0.117. The van der Waals surface area contributed by atoms with Gasteiger partial charge in [0.15, 0.2) is 0 Å². The van der Waals surface area contributed by atoms with Crippen LogP contribution in [-0.4, -0.2) is 30.6 Å². The topological polar surface area (TPSA) is 78.9 Å². The molecule has 0 spiro atoms. The summed E-state index contributed by atoms with van der Waals surface area (Å²) < 4.78 is 4.99. The maximum atomic E-state index is 12.3. The van der Waals surface area contributed by atoms with E-state index in [0.29, 0.717) is 17.9 Å². The molecule has 0 aliphatic carbocycles. The summed E-state index contributed by atoms with van der Waals surface area (Å²) in [7, 11) is 1.49. The molecule has 1 aliphatic rings. The Kier molecular flexibility index (Phi) is 4.37. The Labute approximate surface area is 139 Å². The van der Waals surface area contributed by atoms with Crippen molar-refractivity contribution in [2.24, 2.45) is 0 Å². The SMILES string of the molecule is COc1ccc(C(=O)Nc2ccc(N3CCCC3=O)cc2)c(O)c1. The zero-order valence-corrected chi connectivity index (χ0v) is 13.3. The van der Waals surface area contributed by atoms with Gasteiger partial charge in [0, 0.05) is 30.4 Å². The highest BCUT2D eigenvalue weighted by Gasteiger charge is 2.21. The summed E-state index contributed by atoms with van der Waals surface area (Å²) in [5.74, 6) is 0.0323. The van der Waals surface area contributed by atoms with E-state index in [0.717, 1.165) is 18.7 Å². The average Bonchev–Trinajstić information content (AvgIpc) is 3.01. The number of rotatable bonds is 4. The highest BCUT2D eigenvalue weighted by Crippen LogP contribution is 2.26. The number of ether oxygens (including phenoxy) is 1. The van der Waals surface area contributed by atoms with E-state index in [1.165, 1.54) is 19.2 Å². The summed E-state index contributed by atoms with van der Waals surface area (Å²) in [6, 6.07) is 11.6. The summed E-state index contributed by atoms with van der Waals surface area (Å²) in [5.41, 5.74) is 1.57. The number of anilines is 2. The zero-order chi connectivity index (χ0) is 17.1. The molecule has 1 fully saturated rings. The van der Waals surface area contributed by atoms with Crippen molar-refractivity contribution in [2.45, 2.75) is 12.8 Å². The minimum atomic E-state index is -0.417. The highest BCUT2D eigenvalue weighted by molar-refractivity contribution is 6.06. The van der Waals surface area contributed by atoms with Gasteiger partial charge in [-0.2, -0.15) is 0 Å². The molecule has 6 heteroatoms. The second-order valence-electron chi connectivity index (χ2n) is 5.53. The zero-order valence-electron chi connectivity index (χ0n) is 13.3. The monoisotopic (exact) mass is 326 g/mol.